The van der Waals surface area contributed by atoms with E-state index in [4.69, 9.17) is 5.73 Å². The molecule has 20 heavy (non-hydrogen) atoms. The number of nitrogens with zero attached hydrogens (tertiary/aromatic N) is 3. The molecule has 3 N–H and O–H groups in total. The minimum absolute atomic E-state index is 0.0410. The summed E-state index contributed by atoms with van der Waals surface area (Å²) in [5.41, 5.74) is 5.45. The molecule has 0 saturated carbocycles. The van der Waals surface area contributed by atoms with Gasteiger partial charge < -0.3 is 15.8 Å². The van der Waals surface area contributed by atoms with Crippen LogP contribution in [0.5, 0.6) is 5.75 Å². The molecule has 1 aromatic heterocycles. The van der Waals surface area contributed by atoms with Crippen LogP contribution in [0.25, 0.3) is 0 Å². The molecule has 1 amide bonds. The summed E-state index contributed by atoms with van der Waals surface area (Å²) in [7, 11) is 0. The molecule has 0 bridgehead atoms. The van der Waals surface area contributed by atoms with Gasteiger partial charge in [-0.2, -0.15) is 8.78 Å². The number of alkyl halides is 2. The molecule has 0 aliphatic heterocycles. The summed E-state index contributed by atoms with van der Waals surface area (Å²) < 4.78 is 30.0. The molecule has 0 unspecified atom stereocenters. The Bertz CT molecular complexity index is 602. The van der Waals surface area contributed by atoms with E-state index in [0.717, 1.165) is 0 Å². The first kappa shape index (κ1) is 13.7. The zero-order chi connectivity index (χ0) is 14.5. The van der Waals surface area contributed by atoms with E-state index < -0.39 is 12.5 Å². The average Bonchev–Trinajstić information content (AvgIpc) is 2.76. The zero-order valence-corrected chi connectivity index (χ0v) is 10.2. The molecule has 9 heteroatoms. The second-order valence-corrected chi connectivity index (χ2v) is 3.72. The third-order valence-corrected chi connectivity index (χ3v) is 2.24. The largest absolute Gasteiger partial charge is 0.433 e. The Morgan fingerprint density at radius 3 is 2.85 bits per heavy atom. The molecular weight excluding hydrogens is 272 g/mol. The molecule has 0 aliphatic carbocycles. The number of benzene rings is 1. The van der Waals surface area contributed by atoms with E-state index in [1.54, 1.807) is 6.07 Å². The van der Waals surface area contributed by atoms with Gasteiger partial charge in [-0.05, 0) is 12.1 Å². The Morgan fingerprint density at radius 1 is 1.45 bits per heavy atom. The number of para-hydroxylation sites is 2. The van der Waals surface area contributed by atoms with Crippen LogP contribution in [0.1, 0.15) is 0 Å². The molecule has 0 atom stereocenters. The van der Waals surface area contributed by atoms with Crippen molar-refractivity contribution in [2.24, 2.45) is 0 Å². The van der Waals surface area contributed by atoms with E-state index in [9.17, 15) is 13.6 Å². The summed E-state index contributed by atoms with van der Waals surface area (Å²) in [6.07, 6.45) is 1.29. The Labute approximate surface area is 112 Å². The van der Waals surface area contributed by atoms with Crippen molar-refractivity contribution in [3.63, 3.8) is 0 Å². The van der Waals surface area contributed by atoms with Crippen molar-refractivity contribution in [3.05, 3.63) is 30.6 Å². The second-order valence-electron chi connectivity index (χ2n) is 3.72. The number of nitrogens with one attached hydrogen (secondary N) is 1. The lowest BCUT2D eigenvalue weighted by Gasteiger charge is -2.11. The first-order chi connectivity index (χ1) is 9.54. The summed E-state index contributed by atoms with van der Waals surface area (Å²) in [4.78, 5) is 15.4. The number of hydrogen-bond acceptors (Lipinski definition) is 5. The van der Waals surface area contributed by atoms with Crippen molar-refractivity contribution in [1.82, 2.24) is 14.8 Å². The summed E-state index contributed by atoms with van der Waals surface area (Å²) in [5, 5.41) is 6.18. The number of nitrogen functional groups attached to an aromatic ring is 1. The minimum Gasteiger partial charge on any atom is -0.433 e. The molecule has 106 valence electrons. The number of carbonyl (C=O) groups excluding carboxylic acids is 1. The van der Waals surface area contributed by atoms with Gasteiger partial charge in [0.2, 0.25) is 11.9 Å². The van der Waals surface area contributed by atoms with Crippen LogP contribution in [0.15, 0.2) is 30.6 Å². The molecule has 2 rings (SSSR count). The lowest BCUT2D eigenvalue weighted by molar-refractivity contribution is -0.117. The summed E-state index contributed by atoms with van der Waals surface area (Å²) >= 11 is 0. The van der Waals surface area contributed by atoms with Crippen LogP contribution in [-0.2, 0) is 11.3 Å². The third kappa shape index (κ3) is 3.64. The van der Waals surface area contributed by atoms with Gasteiger partial charge in [0.05, 0.1) is 5.69 Å². The van der Waals surface area contributed by atoms with Gasteiger partial charge in [-0.1, -0.05) is 12.1 Å². The maximum atomic E-state index is 12.2. The Balaban J connectivity index is 2.04. The Kier molecular flexibility index (Phi) is 4.08. The molecule has 0 saturated heterocycles. The van der Waals surface area contributed by atoms with Crippen molar-refractivity contribution in [1.29, 1.82) is 0 Å². The normalized spacial score (nSPS) is 10.6. The van der Waals surface area contributed by atoms with Gasteiger partial charge in [-0.15, -0.1) is 5.10 Å². The average molecular weight is 283 g/mol. The van der Waals surface area contributed by atoms with Gasteiger partial charge in [-0.3, -0.25) is 4.79 Å². The second kappa shape index (κ2) is 5.95. The lowest BCUT2D eigenvalue weighted by atomic mass is 10.3. The van der Waals surface area contributed by atoms with Gasteiger partial charge in [0.15, 0.2) is 0 Å². The van der Waals surface area contributed by atoms with Crippen LogP contribution in [0.2, 0.25) is 0 Å². The van der Waals surface area contributed by atoms with E-state index in [-0.39, 0.29) is 23.9 Å². The van der Waals surface area contributed by atoms with Crippen LogP contribution in [0, 0.1) is 0 Å². The summed E-state index contributed by atoms with van der Waals surface area (Å²) in [5.74, 6) is -0.548. The number of anilines is 2. The number of aromatic nitrogens is 3. The quantitative estimate of drug-likeness (QED) is 0.856. The maximum absolute atomic E-state index is 12.2. The van der Waals surface area contributed by atoms with Gasteiger partial charge in [0.1, 0.15) is 18.6 Å². The molecule has 0 spiro atoms. The third-order valence-electron chi connectivity index (χ3n) is 2.24. The highest BCUT2D eigenvalue weighted by atomic mass is 19.3. The standard InChI is InChI=1S/C11H11F2N5O2/c12-10(13)20-8-4-2-1-3-7(8)16-9(19)5-18-6-15-11(14)17-18/h1-4,6,10H,5H2,(H2,14,17)(H,16,19). The van der Waals surface area contributed by atoms with Crippen molar-refractivity contribution in [2.75, 3.05) is 11.1 Å². The fourth-order valence-corrected chi connectivity index (χ4v) is 1.49. The first-order valence-electron chi connectivity index (χ1n) is 5.53. The number of halogens is 2. The molecular formula is C11H11F2N5O2. The van der Waals surface area contributed by atoms with Crippen LogP contribution >= 0.6 is 0 Å². The highest BCUT2D eigenvalue weighted by molar-refractivity contribution is 5.92. The summed E-state index contributed by atoms with van der Waals surface area (Å²) in [6, 6.07) is 5.88. The topological polar surface area (TPSA) is 95.1 Å². The van der Waals surface area contributed by atoms with Crippen LogP contribution in [-0.4, -0.2) is 27.3 Å². The fourth-order valence-electron chi connectivity index (χ4n) is 1.49. The highest BCUT2D eigenvalue weighted by Gasteiger charge is 2.12. The number of hydrogen-bond donors (Lipinski definition) is 2. The summed E-state index contributed by atoms with van der Waals surface area (Å²) in [6.45, 7) is -3.11. The SMILES string of the molecule is Nc1ncn(CC(=O)Nc2ccccc2OC(F)F)n1. The number of carbonyl (C=O) groups is 1. The first-order valence-corrected chi connectivity index (χ1v) is 5.53. The van der Waals surface area contributed by atoms with Gasteiger partial charge in [0, 0.05) is 0 Å². The molecule has 0 aliphatic rings. The predicted octanol–water partition coefficient (Wildman–Crippen LogP) is 1.10. The van der Waals surface area contributed by atoms with E-state index in [2.05, 4.69) is 20.1 Å². The lowest BCUT2D eigenvalue weighted by Crippen LogP contribution is -2.20. The van der Waals surface area contributed by atoms with Gasteiger partial charge in [-0.25, -0.2) is 9.67 Å². The highest BCUT2D eigenvalue weighted by Crippen LogP contribution is 2.25. The van der Waals surface area contributed by atoms with Crippen LogP contribution < -0.4 is 15.8 Å². The predicted molar refractivity (Wildman–Crippen MR) is 66.1 cm³/mol. The molecule has 0 radical (unpaired) electrons. The molecule has 0 fully saturated rings. The minimum atomic E-state index is -2.97. The number of rotatable bonds is 5. The molecule has 1 heterocycles. The smallest absolute Gasteiger partial charge is 0.387 e. The number of amides is 1. The van der Waals surface area contributed by atoms with Crippen molar-refractivity contribution in [2.45, 2.75) is 13.2 Å². The number of ether oxygens (including phenoxy) is 1. The van der Waals surface area contributed by atoms with Crippen LogP contribution in [0.4, 0.5) is 20.4 Å². The molecule has 7 nitrogen and oxygen atoms in total. The Morgan fingerprint density at radius 2 is 2.20 bits per heavy atom. The van der Waals surface area contributed by atoms with Crippen molar-refractivity contribution in [3.8, 4) is 5.75 Å². The van der Waals surface area contributed by atoms with E-state index >= 15 is 0 Å². The molecule has 1 aromatic carbocycles. The monoisotopic (exact) mass is 283 g/mol. The van der Waals surface area contributed by atoms with E-state index in [1.165, 1.54) is 29.2 Å². The maximum Gasteiger partial charge on any atom is 0.387 e. The van der Waals surface area contributed by atoms with Gasteiger partial charge in [0.25, 0.3) is 0 Å². The fraction of sp³-hybridized carbons (Fsp3) is 0.182. The van der Waals surface area contributed by atoms with Crippen molar-refractivity contribution < 1.29 is 18.3 Å². The van der Waals surface area contributed by atoms with Crippen molar-refractivity contribution >= 4 is 17.5 Å². The zero-order valence-electron chi connectivity index (χ0n) is 10.2. The number of nitrogens with two attached hydrogens (primary N) is 1. The van der Waals surface area contributed by atoms with Gasteiger partial charge >= 0.3 is 6.61 Å². The van der Waals surface area contributed by atoms with Crippen LogP contribution in [0.3, 0.4) is 0 Å². The van der Waals surface area contributed by atoms with E-state index in [0.29, 0.717) is 0 Å². The molecule has 2 aromatic rings. The van der Waals surface area contributed by atoms with E-state index in [1.807, 2.05) is 0 Å². The Hall–Kier alpha value is -2.71.